The Labute approximate surface area is 187 Å². The van der Waals surface area contributed by atoms with E-state index >= 15 is 0 Å². The number of benzene rings is 1. The van der Waals surface area contributed by atoms with E-state index in [0.717, 1.165) is 36.2 Å². The van der Waals surface area contributed by atoms with Crippen molar-refractivity contribution >= 4 is 29.1 Å². The predicted molar refractivity (Wildman–Crippen MR) is 115 cm³/mol. The molecule has 10 heteroatoms. The Morgan fingerprint density at radius 3 is 2.38 bits per heavy atom. The molecule has 0 fully saturated rings. The molecular weight excluding hydrogens is 446 g/mol. The van der Waals surface area contributed by atoms with Gasteiger partial charge in [-0.3, -0.25) is 0 Å². The lowest BCUT2D eigenvalue weighted by Crippen LogP contribution is -2.34. The first kappa shape index (κ1) is 24.1. The van der Waals surface area contributed by atoms with E-state index in [0.29, 0.717) is 10.3 Å². The molecule has 0 N–H and O–H groups in total. The summed E-state index contributed by atoms with van der Waals surface area (Å²) in [7, 11) is 0. The van der Waals surface area contributed by atoms with Crippen LogP contribution < -0.4 is 0 Å². The molecule has 5 nitrogen and oxygen atoms in total. The standard InChI is InChI=1S/C22H23F4N3O2S/c1-5-29(18(22(24,25)26)14-6-8-15(23)9-7-14)32-17-10-12-27-19-16(17)11-13-28(19)20(30)31-21(2,3)4/h6-13,18H,5H2,1-4H3/t18-/m1/s1. The van der Waals surface area contributed by atoms with E-state index in [2.05, 4.69) is 4.98 Å². The number of rotatable bonds is 5. The molecular formula is C22H23F4N3O2S. The molecule has 3 rings (SSSR count). The number of fused-ring (bicyclic) bond motifs is 1. The fraction of sp³-hybridized carbons (Fsp3) is 0.364. The maximum absolute atomic E-state index is 14.0. The molecule has 32 heavy (non-hydrogen) atoms. The van der Waals surface area contributed by atoms with Crippen molar-refractivity contribution in [3.8, 4) is 0 Å². The number of carbonyl (C=O) groups excluding carboxylic acids is 1. The van der Waals surface area contributed by atoms with Gasteiger partial charge in [-0.2, -0.15) is 13.2 Å². The summed E-state index contributed by atoms with van der Waals surface area (Å²) >= 11 is 0.905. The first-order valence-electron chi connectivity index (χ1n) is 9.87. The molecule has 3 aromatic rings. The number of ether oxygens (including phenoxy) is 1. The van der Waals surface area contributed by atoms with Crippen LogP contribution in [-0.4, -0.2) is 38.3 Å². The molecule has 2 heterocycles. The van der Waals surface area contributed by atoms with Crippen molar-refractivity contribution in [2.75, 3.05) is 6.54 Å². The Bertz CT molecular complexity index is 1090. The van der Waals surface area contributed by atoms with Gasteiger partial charge in [-0.15, -0.1) is 0 Å². The highest BCUT2D eigenvalue weighted by Gasteiger charge is 2.45. The first-order valence-corrected chi connectivity index (χ1v) is 10.6. The molecule has 1 aromatic carbocycles. The molecule has 0 spiro atoms. The third-order valence-electron chi connectivity index (χ3n) is 4.45. The Balaban J connectivity index is 1.97. The van der Waals surface area contributed by atoms with Crippen molar-refractivity contribution in [3.63, 3.8) is 0 Å². The monoisotopic (exact) mass is 469 g/mol. The van der Waals surface area contributed by atoms with Gasteiger partial charge < -0.3 is 4.74 Å². The lowest BCUT2D eigenvalue weighted by atomic mass is 10.1. The Morgan fingerprint density at radius 1 is 1.16 bits per heavy atom. The summed E-state index contributed by atoms with van der Waals surface area (Å²) in [6.07, 6.45) is -2.31. The zero-order valence-corrected chi connectivity index (χ0v) is 18.8. The van der Waals surface area contributed by atoms with Gasteiger partial charge in [-0.25, -0.2) is 23.0 Å². The van der Waals surface area contributed by atoms with Gasteiger partial charge >= 0.3 is 12.3 Å². The number of carbonyl (C=O) groups is 1. The van der Waals surface area contributed by atoms with Crippen LogP contribution in [0.1, 0.15) is 39.3 Å². The first-order chi connectivity index (χ1) is 14.9. The third-order valence-corrected chi connectivity index (χ3v) is 5.71. The summed E-state index contributed by atoms with van der Waals surface area (Å²) in [4.78, 5) is 17.2. The quantitative estimate of drug-likeness (QED) is 0.312. The zero-order chi connectivity index (χ0) is 23.7. The van der Waals surface area contributed by atoms with Crippen LogP contribution in [0.3, 0.4) is 0 Å². The molecule has 172 valence electrons. The van der Waals surface area contributed by atoms with Crippen LogP contribution in [0.5, 0.6) is 0 Å². The van der Waals surface area contributed by atoms with E-state index in [4.69, 9.17) is 4.74 Å². The van der Waals surface area contributed by atoms with E-state index < -0.39 is 29.7 Å². The van der Waals surface area contributed by atoms with Crippen LogP contribution in [0.4, 0.5) is 22.4 Å². The summed E-state index contributed by atoms with van der Waals surface area (Å²) < 4.78 is 63.0. The number of hydrogen-bond acceptors (Lipinski definition) is 5. The van der Waals surface area contributed by atoms with Crippen LogP contribution in [0.2, 0.25) is 0 Å². The van der Waals surface area contributed by atoms with Gasteiger partial charge in [0.05, 0.1) is 0 Å². The zero-order valence-electron chi connectivity index (χ0n) is 18.0. The second-order valence-corrected chi connectivity index (χ2v) is 9.12. The summed E-state index contributed by atoms with van der Waals surface area (Å²) in [5.74, 6) is -0.607. The molecule has 0 radical (unpaired) electrons. The number of pyridine rings is 1. The molecule has 0 aliphatic rings. The predicted octanol–water partition coefficient (Wildman–Crippen LogP) is 6.59. The largest absolute Gasteiger partial charge is 0.443 e. The minimum Gasteiger partial charge on any atom is -0.443 e. The molecule has 0 aliphatic carbocycles. The third kappa shape index (κ3) is 5.42. The van der Waals surface area contributed by atoms with Gasteiger partial charge in [0.15, 0.2) is 5.65 Å². The van der Waals surface area contributed by atoms with Crippen LogP contribution in [0.25, 0.3) is 11.0 Å². The maximum Gasteiger partial charge on any atom is 0.420 e. The van der Waals surface area contributed by atoms with Crippen molar-refractivity contribution in [1.82, 2.24) is 13.9 Å². The number of alkyl halides is 3. The molecule has 1 atom stereocenters. The van der Waals surface area contributed by atoms with Crippen molar-refractivity contribution in [2.45, 2.75) is 50.4 Å². The minimum absolute atomic E-state index is 0.0583. The molecule has 2 aromatic heterocycles. The SMILES string of the molecule is CCN(Sc1ccnc2c1ccn2C(=O)OC(C)(C)C)[C@H](c1ccc(F)cc1)C(F)(F)F. The van der Waals surface area contributed by atoms with Crippen molar-refractivity contribution in [1.29, 1.82) is 0 Å². The number of nitrogens with zero attached hydrogens (tertiary/aromatic N) is 3. The smallest absolute Gasteiger partial charge is 0.420 e. The van der Waals surface area contributed by atoms with Crippen molar-refractivity contribution < 1.29 is 27.1 Å². The average molecular weight is 470 g/mol. The topological polar surface area (TPSA) is 47.4 Å². The summed E-state index contributed by atoms with van der Waals surface area (Å²) in [6, 6.07) is 5.55. The second-order valence-electron chi connectivity index (χ2n) is 8.03. The second kappa shape index (κ2) is 9.11. The Hall–Kier alpha value is -2.59. The van der Waals surface area contributed by atoms with Gasteiger partial charge in [0.25, 0.3) is 0 Å². The fourth-order valence-electron chi connectivity index (χ4n) is 3.14. The van der Waals surface area contributed by atoms with Crippen molar-refractivity contribution in [2.24, 2.45) is 0 Å². The summed E-state index contributed by atoms with van der Waals surface area (Å²) in [5, 5.41) is 0.516. The van der Waals surface area contributed by atoms with E-state index in [1.165, 1.54) is 21.3 Å². The highest BCUT2D eigenvalue weighted by molar-refractivity contribution is 7.97. The van der Waals surface area contributed by atoms with Gasteiger partial charge in [0.2, 0.25) is 0 Å². The van der Waals surface area contributed by atoms with Crippen LogP contribution >= 0.6 is 11.9 Å². The van der Waals surface area contributed by atoms with E-state index in [-0.39, 0.29) is 17.8 Å². The minimum atomic E-state index is -4.59. The highest BCUT2D eigenvalue weighted by atomic mass is 32.2. The normalized spacial score (nSPS) is 13.5. The summed E-state index contributed by atoms with van der Waals surface area (Å²) in [6.45, 7) is 6.87. The maximum atomic E-state index is 14.0. The molecule has 0 amide bonds. The lowest BCUT2D eigenvalue weighted by molar-refractivity contribution is -0.172. The van der Waals surface area contributed by atoms with E-state index in [9.17, 15) is 22.4 Å². The van der Waals surface area contributed by atoms with Crippen LogP contribution in [0.15, 0.2) is 53.7 Å². The van der Waals surface area contributed by atoms with Crippen LogP contribution in [-0.2, 0) is 4.74 Å². The van der Waals surface area contributed by atoms with Gasteiger partial charge in [0, 0.05) is 29.2 Å². The number of aromatic nitrogens is 2. The molecule has 0 saturated carbocycles. The lowest BCUT2D eigenvalue weighted by Gasteiger charge is -2.31. The van der Waals surface area contributed by atoms with Crippen molar-refractivity contribution in [3.05, 3.63) is 60.2 Å². The average Bonchev–Trinajstić information content (AvgIpc) is 3.12. The van der Waals surface area contributed by atoms with E-state index in [1.807, 2.05) is 0 Å². The Morgan fingerprint density at radius 2 is 1.81 bits per heavy atom. The highest BCUT2D eigenvalue weighted by Crippen LogP contribution is 2.43. The number of hydrogen-bond donors (Lipinski definition) is 0. The summed E-state index contributed by atoms with van der Waals surface area (Å²) in [5.41, 5.74) is -0.496. The number of halogens is 4. The molecule has 0 bridgehead atoms. The van der Waals surface area contributed by atoms with Gasteiger partial charge in [0.1, 0.15) is 17.5 Å². The molecule has 0 unspecified atom stereocenters. The fourth-order valence-corrected chi connectivity index (χ4v) is 4.25. The van der Waals surface area contributed by atoms with E-state index in [1.54, 1.807) is 39.8 Å². The Kier molecular flexibility index (Phi) is 6.85. The molecule has 0 saturated heterocycles. The van der Waals surface area contributed by atoms with Crippen LogP contribution in [0, 0.1) is 5.82 Å². The molecule has 0 aliphatic heterocycles. The van der Waals surface area contributed by atoms with Gasteiger partial charge in [-0.1, -0.05) is 19.1 Å². The van der Waals surface area contributed by atoms with Gasteiger partial charge in [-0.05, 0) is 62.5 Å².